The second kappa shape index (κ2) is 13.7. The molecule has 0 radical (unpaired) electrons. The van der Waals surface area contributed by atoms with Crippen LogP contribution in [0.25, 0.3) is 22.6 Å². The molecule has 2 N–H and O–H groups in total. The van der Waals surface area contributed by atoms with E-state index in [1.165, 1.54) is 36.5 Å². The largest absolute Gasteiger partial charge is 0.463 e. The number of ether oxygens (including phenoxy) is 1. The predicted octanol–water partition coefficient (Wildman–Crippen LogP) is 7.62. The first kappa shape index (κ1) is 38.3. The number of carbonyl (C=O) groups is 2. The molecule has 1 aliphatic heterocycles. The number of nitrogens with two attached hydrogens (primary N) is 1. The van der Waals surface area contributed by atoms with Crippen molar-refractivity contribution in [1.82, 2.24) is 34.7 Å². The van der Waals surface area contributed by atoms with E-state index in [2.05, 4.69) is 20.3 Å². The van der Waals surface area contributed by atoms with Crippen LogP contribution in [0.4, 0.5) is 22.0 Å². The van der Waals surface area contributed by atoms with Gasteiger partial charge in [-0.1, -0.05) is 44.5 Å². The Morgan fingerprint density at radius 1 is 1.07 bits per heavy atom. The topological polar surface area (TPSA) is 146 Å². The van der Waals surface area contributed by atoms with Crippen molar-refractivity contribution in [2.75, 3.05) is 6.61 Å². The fraction of sp³-hybridized carbons (Fsp3) is 0.486. The zero-order valence-corrected chi connectivity index (χ0v) is 31.2. The molecule has 0 saturated heterocycles. The number of hydrogen-bond donors (Lipinski definition) is 1. The summed E-state index contributed by atoms with van der Waals surface area (Å²) >= 11 is 6.47. The lowest BCUT2D eigenvalue weighted by molar-refractivity contribution is -0.153. The first-order valence-electron chi connectivity index (χ1n) is 17.7. The summed E-state index contributed by atoms with van der Waals surface area (Å²) in [4.78, 5) is 39.5. The molecule has 12 nitrogen and oxygen atoms in total. The fourth-order valence-electron chi connectivity index (χ4n) is 7.18. The summed E-state index contributed by atoms with van der Waals surface area (Å²) in [7, 11) is 0. The van der Waals surface area contributed by atoms with E-state index < -0.39 is 65.6 Å². The molecule has 2 aromatic heterocycles. The Morgan fingerprint density at radius 3 is 2.42 bits per heavy atom. The second-order valence-electron chi connectivity index (χ2n) is 15.8. The summed E-state index contributed by atoms with van der Waals surface area (Å²) < 4.78 is 78.5. The van der Waals surface area contributed by atoms with Crippen LogP contribution in [-0.4, -0.2) is 65.0 Å². The number of guanidine groups is 1. The smallest absolute Gasteiger partial charge is 0.335 e. The van der Waals surface area contributed by atoms with E-state index in [4.69, 9.17) is 27.1 Å². The summed E-state index contributed by atoms with van der Waals surface area (Å²) in [5.41, 5.74) is 3.57. The molecule has 292 valence electrons. The first-order chi connectivity index (χ1) is 25.8. The van der Waals surface area contributed by atoms with Crippen LogP contribution < -0.4 is 5.73 Å². The third-order valence-electron chi connectivity index (χ3n) is 10.4. The molecule has 2 fully saturated rings. The number of carbonyl (C=O) groups excluding carboxylic acids is 2. The van der Waals surface area contributed by atoms with E-state index >= 15 is 9.18 Å². The summed E-state index contributed by atoms with van der Waals surface area (Å²) in [5.74, 6) is -6.04. The van der Waals surface area contributed by atoms with Gasteiger partial charge in [0, 0.05) is 16.5 Å². The summed E-state index contributed by atoms with van der Waals surface area (Å²) in [5, 5.41) is 12.3. The fourth-order valence-corrected chi connectivity index (χ4v) is 7.39. The molecule has 2 saturated carbocycles. The van der Waals surface area contributed by atoms with E-state index in [1.807, 2.05) is 20.8 Å². The van der Waals surface area contributed by atoms with Gasteiger partial charge >= 0.3 is 12.5 Å². The minimum atomic E-state index is -3.13. The van der Waals surface area contributed by atoms with Crippen molar-refractivity contribution in [3.8, 4) is 22.6 Å². The lowest BCUT2D eigenvalue weighted by Gasteiger charge is -2.35. The molecule has 18 heteroatoms. The quantitative estimate of drug-likeness (QED) is 0.108. The monoisotopic (exact) mass is 787 g/mol. The Bertz CT molecular complexity index is 2170. The average Bonchev–Trinajstić information content (AvgIpc) is 3.97. The highest BCUT2D eigenvalue weighted by Crippen LogP contribution is 2.59. The second-order valence-corrected chi connectivity index (χ2v) is 16.2. The van der Waals surface area contributed by atoms with Crippen molar-refractivity contribution in [2.45, 2.75) is 96.3 Å². The van der Waals surface area contributed by atoms with Gasteiger partial charge in [0.1, 0.15) is 24.4 Å². The molecule has 2 aromatic carbocycles. The maximum absolute atomic E-state index is 16.0. The van der Waals surface area contributed by atoms with Crippen molar-refractivity contribution in [1.29, 1.82) is 0 Å². The van der Waals surface area contributed by atoms with Crippen LogP contribution in [0.5, 0.6) is 0 Å². The Labute approximate surface area is 317 Å². The number of rotatable bonds is 13. The number of aliphatic imine (C=N–C) groups is 1. The van der Waals surface area contributed by atoms with Crippen molar-refractivity contribution in [3.05, 3.63) is 70.9 Å². The Kier molecular flexibility index (Phi) is 9.53. The van der Waals surface area contributed by atoms with Crippen LogP contribution in [0.15, 0.2) is 53.9 Å². The van der Waals surface area contributed by atoms with Gasteiger partial charge < -0.3 is 10.5 Å². The van der Waals surface area contributed by atoms with E-state index in [0.717, 1.165) is 31.0 Å². The van der Waals surface area contributed by atoms with Crippen LogP contribution in [-0.2, 0) is 19.9 Å². The number of alkyl halides is 4. The maximum Gasteiger partial charge on any atom is 0.335 e. The molecule has 7 rings (SSSR count). The summed E-state index contributed by atoms with van der Waals surface area (Å²) in [6.45, 7) is 2.71. The van der Waals surface area contributed by atoms with Gasteiger partial charge in [0.05, 0.1) is 29.7 Å². The van der Waals surface area contributed by atoms with Crippen molar-refractivity contribution in [3.63, 3.8) is 0 Å². The third-order valence-corrected chi connectivity index (χ3v) is 10.7. The highest BCUT2D eigenvalue weighted by molar-refractivity contribution is 6.33. The van der Waals surface area contributed by atoms with Crippen LogP contribution in [0.2, 0.25) is 5.02 Å². The van der Waals surface area contributed by atoms with E-state index in [-0.39, 0.29) is 64.4 Å². The molecule has 2 aliphatic carbocycles. The number of amides is 1. The van der Waals surface area contributed by atoms with Crippen molar-refractivity contribution >= 4 is 29.4 Å². The zero-order valence-electron chi connectivity index (χ0n) is 30.4. The highest BCUT2D eigenvalue weighted by atomic mass is 35.5. The molecule has 0 spiro atoms. The SMILES string of the molecule is CC(C)(C)C[C@]1(c2ccc(-c3cnn(C4CC4)n3)c(F)c2)N=C(N)N([C@H](COC(=O)CC2(C(C)(F)F)CC2)c2ccc(Cl)c(-c3ncnn3C(F)F)c2)C1=O. The number of hydrogen-bond acceptors (Lipinski definition) is 9. The molecule has 55 heavy (non-hydrogen) atoms. The highest BCUT2D eigenvalue weighted by Gasteiger charge is 2.60. The van der Waals surface area contributed by atoms with Gasteiger partial charge in [-0.3, -0.25) is 14.5 Å². The van der Waals surface area contributed by atoms with Crippen LogP contribution in [0.3, 0.4) is 0 Å². The molecule has 0 unspecified atom stereocenters. The first-order valence-corrected chi connectivity index (χ1v) is 18.1. The summed E-state index contributed by atoms with van der Waals surface area (Å²) in [6.07, 6.45) is 4.02. The van der Waals surface area contributed by atoms with Crippen LogP contribution in [0.1, 0.15) is 96.0 Å². The Balaban J connectivity index is 1.28. The lowest BCUT2D eigenvalue weighted by Crippen LogP contribution is -2.47. The zero-order chi connectivity index (χ0) is 39.7. The van der Waals surface area contributed by atoms with Gasteiger partial charge in [-0.05, 0) is 79.8 Å². The third kappa shape index (κ3) is 7.30. The standard InChI is InChI=1S/C37H39ClF5N9O3/c1-34(2,3)18-37(21-6-9-23(26(39)14-21)27-16-46-52(49-27)22-7-8-22)31(54)50(33(44)48-37)28(17-55-29(53)15-36(11-12-36)35(4,42)43)20-5-10-25(38)24(13-20)30-45-19-47-51(30)32(40)41/h5-6,9-10,13-14,16,19,22,28,32H,7-8,11-12,15,17-18H2,1-4H3,(H2,44,48)/t28-,37-/m1/s1. The molecule has 2 atom stereocenters. The Hall–Kier alpha value is -4.93. The van der Waals surface area contributed by atoms with E-state index in [0.29, 0.717) is 10.4 Å². The van der Waals surface area contributed by atoms with Gasteiger partial charge in [0.15, 0.2) is 17.3 Å². The molecule has 3 aliphatic rings. The molecule has 1 amide bonds. The van der Waals surface area contributed by atoms with E-state index in [1.54, 1.807) is 10.9 Å². The van der Waals surface area contributed by atoms with Crippen molar-refractivity contribution in [2.24, 2.45) is 21.6 Å². The number of esters is 1. The van der Waals surface area contributed by atoms with Gasteiger partial charge in [-0.25, -0.2) is 23.1 Å². The van der Waals surface area contributed by atoms with E-state index in [9.17, 15) is 22.4 Å². The number of halogens is 6. The average molecular weight is 788 g/mol. The van der Waals surface area contributed by atoms with Crippen LogP contribution in [0, 0.1) is 16.6 Å². The summed E-state index contributed by atoms with van der Waals surface area (Å²) in [6, 6.07) is 7.42. The number of benzene rings is 2. The molecular formula is C37H39ClF5N9O3. The van der Waals surface area contributed by atoms with Gasteiger partial charge in [0.25, 0.3) is 11.8 Å². The minimum absolute atomic E-state index is 0.00948. The van der Waals surface area contributed by atoms with Gasteiger partial charge in [-0.15, -0.1) is 0 Å². The molecular weight excluding hydrogens is 749 g/mol. The van der Waals surface area contributed by atoms with Gasteiger partial charge in [0.2, 0.25) is 0 Å². The minimum Gasteiger partial charge on any atom is -0.463 e. The molecule has 3 heterocycles. The molecule has 0 bridgehead atoms. The van der Waals surface area contributed by atoms with Crippen molar-refractivity contribution < 1.29 is 36.3 Å². The number of aromatic nitrogens is 6. The van der Waals surface area contributed by atoms with Crippen LogP contribution >= 0.6 is 11.6 Å². The van der Waals surface area contributed by atoms with Gasteiger partial charge in [-0.2, -0.15) is 33.6 Å². The lowest BCUT2D eigenvalue weighted by atomic mass is 9.75. The number of nitrogens with zero attached hydrogens (tertiary/aromatic N) is 8. The normalized spacial score (nSPS) is 20.2. The Morgan fingerprint density at radius 2 is 1.80 bits per heavy atom. The maximum atomic E-state index is 16.0. The predicted molar refractivity (Wildman–Crippen MR) is 190 cm³/mol. The molecule has 4 aromatic rings.